The van der Waals surface area contributed by atoms with Gasteiger partial charge in [-0.05, 0) is 38.0 Å². The van der Waals surface area contributed by atoms with Gasteiger partial charge in [0, 0.05) is 31.6 Å². The number of benzene rings is 1. The second-order valence-electron chi connectivity index (χ2n) is 5.76. The number of carbonyl (C=O) groups is 1. The number of nitrogens with zero attached hydrogens (tertiary/aromatic N) is 1. The number of piperazine rings is 1. The molecule has 1 heterocycles. The van der Waals surface area contributed by atoms with Crippen molar-refractivity contribution in [3.8, 4) is 5.75 Å². The molecule has 0 bridgehead atoms. The monoisotopic (exact) mass is 330 g/mol. The quantitative estimate of drug-likeness (QED) is 0.923. The summed E-state index contributed by atoms with van der Waals surface area (Å²) in [7, 11) is 0. The number of alkyl halides is 3. The van der Waals surface area contributed by atoms with Crippen LogP contribution in [0.5, 0.6) is 5.75 Å². The lowest BCUT2D eigenvalue weighted by atomic mass is 10.0. The summed E-state index contributed by atoms with van der Waals surface area (Å²) in [4.78, 5) is 14.2. The Morgan fingerprint density at radius 3 is 2.57 bits per heavy atom. The van der Waals surface area contributed by atoms with Crippen molar-refractivity contribution in [2.24, 2.45) is 0 Å². The summed E-state index contributed by atoms with van der Waals surface area (Å²) >= 11 is 0. The predicted molar refractivity (Wildman–Crippen MR) is 80.1 cm³/mol. The van der Waals surface area contributed by atoms with Gasteiger partial charge in [-0.3, -0.25) is 4.79 Å². The summed E-state index contributed by atoms with van der Waals surface area (Å²) in [6.07, 6.45) is -3.85. The first kappa shape index (κ1) is 17.6. The maximum absolute atomic E-state index is 12.3. The minimum Gasteiger partial charge on any atom is -0.406 e. The van der Waals surface area contributed by atoms with E-state index in [9.17, 15) is 18.0 Å². The number of hydrogen-bond acceptors (Lipinski definition) is 3. The van der Waals surface area contributed by atoms with Crippen LogP contribution in [0.25, 0.3) is 0 Å². The van der Waals surface area contributed by atoms with Crippen molar-refractivity contribution in [3.05, 3.63) is 29.8 Å². The molecule has 1 fully saturated rings. The number of aryl methyl sites for hydroxylation is 1. The molecule has 0 saturated carbocycles. The van der Waals surface area contributed by atoms with Crippen molar-refractivity contribution in [1.29, 1.82) is 0 Å². The van der Waals surface area contributed by atoms with Gasteiger partial charge in [0.05, 0.1) is 0 Å². The number of hydrogen-bond donors (Lipinski definition) is 1. The summed E-state index contributed by atoms with van der Waals surface area (Å²) in [6.45, 7) is 5.52. The van der Waals surface area contributed by atoms with E-state index in [2.05, 4.69) is 10.1 Å². The Kier molecular flexibility index (Phi) is 5.51. The van der Waals surface area contributed by atoms with Gasteiger partial charge < -0.3 is 15.0 Å². The zero-order valence-corrected chi connectivity index (χ0v) is 13.2. The van der Waals surface area contributed by atoms with E-state index in [1.165, 1.54) is 12.1 Å². The molecular weight excluding hydrogens is 309 g/mol. The second-order valence-corrected chi connectivity index (χ2v) is 5.76. The van der Waals surface area contributed by atoms with Crippen LogP contribution in [0.1, 0.15) is 25.8 Å². The third-order valence-electron chi connectivity index (χ3n) is 4.14. The zero-order valence-electron chi connectivity index (χ0n) is 13.2. The van der Waals surface area contributed by atoms with E-state index < -0.39 is 6.36 Å². The van der Waals surface area contributed by atoms with E-state index in [1.807, 2.05) is 18.7 Å². The molecule has 23 heavy (non-hydrogen) atoms. The van der Waals surface area contributed by atoms with Crippen molar-refractivity contribution in [1.82, 2.24) is 10.2 Å². The Labute approximate surface area is 133 Å². The summed E-state index contributed by atoms with van der Waals surface area (Å²) in [5, 5.41) is 3.32. The average molecular weight is 330 g/mol. The molecule has 128 valence electrons. The van der Waals surface area contributed by atoms with Crippen molar-refractivity contribution >= 4 is 5.91 Å². The Hall–Kier alpha value is -1.76. The minimum atomic E-state index is -4.69. The van der Waals surface area contributed by atoms with Crippen LogP contribution in [-0.4, -0.2) is 42.3 Å². The number of ether oxygens (including phenoxy) is 1. The van der Waals surface area contributed by atoms with Crippen molar-refractivity contribution in [2.75, 3.05) is 13.1 Å². The van der Waals surface area contributed by atoms with Crippen LogP contribution in [0.4, 0.5) is 13.2 Å². The van der Waals surface area contributed by atoms with Gasteiger partial charge in [0.2, 0.25) is 5.91 Å². The van der Waals surface area contributed by atoms with E-state index in [4.69, 9.17) is 0 Å². The molecule has 4 nitrogen and oxygen atoms in total. The van der Waals surface area contributed by atoms with Crippen LogP contribution in [0.3, 0.4) is 0 Å². The molecule has 1 N–H and O–H groups in total. The SMILES string of the molecule is CC1NCCN(C(=O)CCc2ccc(OC(F)(F)F)cc2)C1C. The Morgan fingerprint density at radius 1 is 1.30 bits per heavy atom. The topological polar surface area (TPSA) is 41.6 Å². The number of amides is 1. The van der Waals surface area contributed by atoms with Crippen molar-refractivity contribution in [2.45, 2.75) is 45.1 Å². The van der Waals surface area contributed by atoms with Gasteiger partial charge in [-0.15, -0.1) is 13.2 Å². The highest BCUT2D eigenvalue weighted by atomic mass is 19.4. The van der Waals surface area contributed by atoms with E-state index in [1.54, 1.807) is 12.1 Å². The molecule has 2 unspecified atom stereocenters. The average Bonchev–Trinajstić information content (AvgIpc) is 2.47. The molecule has 1 aliphatic heterocycles. The summed E-state index contributed by atoms with van der Waals surface area (Å²) in [6, 6.07) is 6.03. The lowest BCUT2D eigenvalue weighted by molar-refractivity contribution is -0.274. The molecule has 1 aromatic carbocycles. The van der Waals surface area contributed by atoms with Gasteiger partial charge in [-0.25, -0.2) is 0 Å². The highest BCUT2D eigenvalue weighted by Crippen LogP contribution is 2.23. The Morgan fingerprint density at radius 2 is 1.96 bits per heavy atom. The molecule has 2 rings (SSSR count). The molecule has 0 aliphatic carbocycles. The van der Waals surface area contributed by atoms with Crippen LogP contribution in [-0.2, 0) is 11.2 Å². The largest absolute Gasteiger partial charge is 0.573 e. The normalized spacial score (nSPS) is 22.0. The van der Waals surface area contributed by atoms with Crippen LogP contribution in [0, 0.1) is 0 Å². The van der Waals surface area contributed by atoms with E-state index >= 15 is 0 Å². The van der Waals surface area contributed by atoms with E-state index in [-0.39, 0.29) is 23.7 Å². The van der Waals surface area contributed by atoms with Gasteiger partial charge in [-0.2, -0.15) is 0 Å². The van der Waals surface area contributed by atoms with E-state index in [0.717, 1.165) is 12.1 Å². The molecule has 0 aromatic heterocycles. The van der Waals surface area contributed by atoms with Crippen LogP contribution < -0.4 is 10.1 Å². The number of rotatable bonds is 4. The standard InChI is InChI=1S/C16H21F3N2O2/c1-11-12(2)21(10-9-20-11)15(22)8-5-13-3-6-14(7-4-13)23-16(17,18)19/h3-4,6-7,11-12,20H,5,8-10H2,1-2H3. The fraction of sp³-hybridized carbons (Fsp3) is 0.562. The molecule has 7 heteroatoms. The van der Waals surface area contributed by atoms with Crippen molar-refractivity contribution in [3.63, 3.8) is 0 Å². The zero-order chi connectivity index (χ0) is 17.0. The van der Waals surface area contributed by atoms with Crippen LogP contribution >= 0.6 is 0 Å². The molecule has 1 amide bonds. The number of carbonyl (C=O) groups excluding carboxylic acids is 1. The molecule has 1 aliphatic rings. The fourth-order valence-corrected chi connectivity index (χ4v) is 2.66. The second kappa shape index (κ2) is 7.21. The molecular formula is C16H21F3N2O2. The third-order valence-corrected chi connectivity index (χ3v) is 4.14. The number of nitrogens with one attached hydrogen (secondary N) is 1. The first-order chi connectivity index (χ1) is 10.8. The Bertz CT molecular complexity index is 531. The summed E-state index contributed by atoms with van der Waals surface area (Å²) < 4.78 is 40.1. The molecule has 1 saturated heterocycles. The molecule has 2 atom stereocenters. The van der Waals surface area contributed by atoms with Crippen LogP contribution in [0.2, 0.25) is 0 Å². The highest BCUT2D eigenvalue weighted by molar-refractivity contribution is 5.77. The maximum Gasteiger partial charge on any atom is 0.573 e. The van der Waals surface area contributed by atoms with Gasteiger partial charge >= 0.3 is 6.36 Å². The maximum atomic E-state index is 12.3. The molecule has 1 aromatic rings. The lowest BCUT2D eigenvalue weighted by Gasteiger charge is -2.38. The minimum absolute atomic E-state index is 0.0708. The summed E-state index contributed by atoms with van der Waals surface area (Å²) in [5.41, 5.74) is 0.809. The molecule has 0 spiro atoms. The highest BCUT2D eigenvalue weighted by Gasteiger charge is 2.31. The van der Waals surface area contributed by atoms with Gasteiger partial charge in [0.1, 0.15) is 5.75 Å². The van der Waals surface area contributed by atoms with Crippen LogP contribution in [0.15, 0.2) is 24.3 Å². The first-order valence-electron chi connectivity index (χ1n) is 7.64. The number of halogens is 3. The fourth-order valence-electron chi connectivity index (χ4n) is 2.66. The smallest absolute Gasteiger partial charge is 0.406 e. The van der Waals surface area contributed by atoms with Gasteiger partial charge in [0.25, 0.3) is 0 Å². The molecule has 0 radical (unpaired) electrons. The predicted octanol–water partition coefficient (Wildman–Crippen LogP) is 2.73. The first-order valence-corrected chi connectivity index (χ1v) is 7.64. The Balaban J connectivity index is 1.87. The van der Waals surface area contributed by atoms with Gasteiger partial charge in [-0.1, -0.05) is 12.1 Å². The van der Waals surface area contributed by atoms with Gasteiger partial charge in [0.15, 0.2) is 0 Å². The summed E-state index contributed by atoms with van der Waals surface area (Å²) in [5.74, 6) is -0.182. The lowest BCUT2D eigenvalue weighted by Crippen LogP contribution is -2.57. The third kappa shape index (κ3) is 5.13. The van der Waals surface area contributed by atoms with Crippen molar-refractivity contribution < 1.29 is 22.7 Å². The van der Waals surface area contributed by atoms with E-state index in [0.29, 0.717) is 19.4 Å².